The first-order valence-corrected chi connectivity index (χ1v) is 12.7. The molecular formula is C28H18Cl2F3N3O3. The lowest BCUT2D eigenvalue weighted by Crippen LogP contribution is -2.46. The van der Waals surface area contributed by atoms with Gasteiger partial charge < -0.3 is 10.2 Å². The lowest BCUT2D eigenvalue weighted by Gasteiger charge is -2.35. The van der Waals surface area contributed by atoms with Crippen molar-refractivity contribution in [2.45, 2.75) is 18.3 Å². The molecule has 3 aliphatic heterocycles. The lowest BCUT2D eigenvalue weighted by atomic mass is 9.84. The number of carbonyl (C=O) groups excluding carboxylic acids is 3. The Morgan fingerprint density at radius 1 is 0.897 bits per heavy atom. The van der Waals surface area contributed by atoms with Crippen molar-refractivity contribution in [3.8, 4) is 0 Å². The molecule has 0 bridgehead atoms. The van der Waals surface area contributed by atoms with E-state index in [1.165, 1.54) is 30.3 Å². The number of rotatable bonds is 3. The van der Waals surface area contributed by atoms with Crippen molar-refractivity contribution in [2.24, 2.45) is 11.8 Å². The van der Waals surface area contributed by atoms with Gasteiger partial charge in [0, 0.05) is 16.9 Å². The Balaban J connectivity index is 1.43. The molecule has 3 aromatic rings. The van der Waals surface area contributed by atoms with Gasteiger partial charge in [0.05, 0.1) is 34.2 Å². The molecule has 4 atom stereocenters. The minimum absolute atomic E-state index is 0.0808. The van der Waals surface area contributed by atoms with Crippen LogP contribution in [0.25, 0.3) is 6.08 Å². The number of anilines is 2. The van der Waals surface area contributed by atoms with Crippen molar-refractivity contribution in [1.29, 1.82) is 0 Å². The topological polar surface area (TPSA) is 69.7 Å². The molecule has 3 aliphatic rings. The van der Waals surface area contributed by atoms with Crippen LogP contribution in [0.3, 0.4) is 0 Å². The van der Waals surface area contributed by atoms with Crippen molar-refractivity contribution in [2.75, 3.05) is 10.2 Å². The Labute approximate surface area is 230 Å². The van der Waals surface area contributed by atoms with E-state index in [4.69, 9.17) is 23.2 Å². The molecule has 198 valence electrons. The molecule has 0 unspecified atom stereocenters. The van der Waals surface area contributed by atoms with E-state index in [-0.39, 0.29) is 21.4 Å². The number of alkyl halides is 3. The second kappa shape index (κ2) is 9.14. The molecule has 6 rings (SSSR count). The van der Waals surface area contributed by atoms with Gasteiger partial charge in [-0.15, -0.1) is 0 Å². The van der Waals surface area contributed by atoms with Gasteiger partial charge in [-0.05, 0) is 53.6 Å². The van der Waals surface area contributed by atoms with E-state index >= 15 is 0 Å². The van der Waals surface area contributed by atoms with E-state index in [0.717, 1.165) is 28.2 Å². The van der Waals surface area contributed by atoms with Crippen molar-refractivity contribution in [3.63, 3.8) is 0 Å². The fourth-order valence-electron chi connectivity index (χ4n) is 5.74. The fourth-order valence-corrected chi connectivity index (χ4v) is 6.11. The third kappa shape index (κ3) is 4.08. The number of benzene rings is 3. The normalized spacial score (nSPS) is 23.5. The van der Waals surface area contributed by atoms with E-state index < -0.39 is 53.4 Å². The Kier molecular flexibility index (Phi) is 5.96. The second-order valence-corrected chi connectivity index (χ2v) is 10.4. The molecule has 2 fully saturated rings. The number of hydrogen-bond acceptors (Lipinski definition) is 4. The van der Waals surface area contributed by atoms with Crippen LogP contribution in [0.4, 0.5) is 24.5 Å². The Morgan fingerprint density at radius 2 is 1.64 bits per heavy atom. The van der Waals surface area contributed by atoms with Crippen molar-refractivity contribution in [1.82, 2.24) is 4.90 Å². The maximum absolute atomic E-state index is 13.9. The number of hydrogen-bond donors (Lipinski definition) is 1. The summed E-state index contributed by atoms with van der Waals surface area (Å²) in [6.45, 7) is 0. The second-order valence-electron chi connectivity index (χ2n) is 9.51. The van der Waals surface area contributed by atoms with Gasteiger partial charge in [0.15, 0.2) is 0 Å². The molecule has 11 heteroatoms. The third-order valence-corrected chi connectivity index (χ3v) is 7.89. The Bertz CT molecular complexity index is 1570. The van der Waals surface area contributed by atoms with Crippen molar-refractivity contribution < 1.29 is 27.6 Å². The molecule has 2 saturated heterocycles. The highest BCUT2D eigenvalue weighted by Gasteiger charge is 2.64. The summed E-state index contributed by atoms with van der Waals surface area (Å²) < 4.78 is 39.8. The van der Waals surface area contributed by atoms with E-state index in [1.807, 2.05) is 18.2 Å². The Morgan fingerprint density at radius 3 is 2.41 bits per heavy atom. The minimum Gasteiger partial charge on any atom is -0.357 e. The maximum atomic E-state index is 13.9. The zero-order valence-electron chi connectivity index (χ0n) is 19.8. The SMILES string of the molecule is O=C(Nc1cccc(C(F)(F)F)c1)[C@H]1[C@H]2C(=O)N(c3cc(Cl)ccc3Cl)C(=O)[C@@H]2[C@H]2c3ccccc3C=CN21. The predicted octanol–water partition coefficient (Wildman–Crippen LogP) is 6.17. The van der Waals surface area contributed by atoms with Crippen LogP contribution in [0.2, 0.25) is 10.0 Å². The third-order valence-electron chi connectivity index (χ3n) is 7.34. The summed E-state index contributed by atoms with van der Waals surface area (Å²) in [6.07, 6.45) is -1.18. The van der Waals surface area contributed by atoms with Gasteiger partial charge in [0.1, 0.15) is 6.04 Å². The number of nitrogens with zero attached hydrogens (tertiary/aromatic N) is 2. The Hall–Kier alpha value is -3.82. The first-order chi connectivity index (χ1) is 18.6. The number of carbonyl (C=O) groups is 3. The summed E-state index contributed by atoms with van der Waals surface area (Å²) in [4.78, 5) is 44.1. The zero-order chi connectivity index (χ0) is 27.6. The first kappa shape index (κ1) is 25.5. The number of halogens is 5. The molecule has 6 nitrogen and oxygen atoms in total. The van der Waals surface area contributed by atoms with Crippen LogP contribution in [0.15, 0.2) is 72.9 Å². The molecule has 0 saturated carbocycles. The largest absolute Gasteiger partial charge is 0.416 e. The highest BCUT2D eigenvalue weighted by Crippen LogP contribution is 2.54. The van der Waals surface area contributed by atoms with Gasteiger partial charge in [-0.3, -0.25) is 14.4 Å². The van der Waals surface area contributed by atoms with Crippen molar-refractivity contribution >= 4 is 58.4 Å². The van der Waals surface area contributed by atoms with E-state index in [0.29, 0.717) is 0 Å². The van der Waals surface area contributed by atoms with Crippen LogP contribution in [0.1, 0.15) is 22.7 Å². The summed E-state index contributed by atoms with van der Waals surface area (Å²) in [5, 5.41) is 2.93. The van der Waals surface area contributed by atoms with Crippen LogP contribution in [0, 0.1) is 11.8 Å². The summed E-state index contributed by atoms with van der Waals surface area (Å²) >= 11 is 12.5. The number of amides is 3. The molecule has 1 N–H and O–H groups in total. The molecule has 0 radical (unpaired) electrons. The minimum atomic E-state index is -4.60. The summed E-state index contributed by atoms with van der Waals surface area (Å²) in [6, 6.07) is 14.1. The average Bonchev–Trinajstić information content (AvgIpc) is 3.37. The van der Waals surface area contributed by atoms with Gasteiger partial charge >= 0.3 is 6.18 Å². The van der Waals surface area contributed by atoms with Crippen LogP contribution >= 0.6 is 23.2 Å². The van der Waals surface area contributed by atoms with Crippen LogP contribution in [-0.2, 0) is 20.6 Å². The molecular weight excluding hydrogens is 554 g/mol. The summed E-state index contributed by atoms with van der Waals surface area (Å²) in [7, 11) is 0. The standard InChI is InChI=1S/C28H18Cl2F3N3O3/c29-16-8-9-19(30)20(13-16)36-26(38)21-22(27(36)39)24(35-11-10-14-4-1-2-7-18(14)23(21)35)25(37)34-17-6-3-5-15(12-17)28(31,32)33/h1-13,21-24H,(H,34,37)/t21-,22-,23+,24+/m0/s1. The number of imide groups is 1. The van der Waals surface area contributed by atoms with E-state index in [2.05, 4.69) is 5.32 Å². The van der Waals surface area contributed by atoms with Gasteiger partial charge in [-0.25, -0.2) is 4.90 Å². The van der Waals surface area contributed by atoms with Gasteiger partial charge in [0.2, 0.25) is 17.7 Å². The fraction of sp³-hybridized carbons (Fsp3) is 0.179. The first-order valence-electron chi connectivity index (χ1n) is 11.9. The van der Waals surface area contributed by atoms with Crippen LogP contribution < -0.4 is 10.2 Å². The highest BCUT2D eigenvalue weighted by atomic mass is 35.5. The molecule has 3 aromatic carbocycles. The zero-order valence-corrected chi connectivity index (χ0v) is 21.3. The molecule has 3 amide bonds. The van der Waals surface area contributed by atoms with Gasteiger partial charge in [-0.2, -0.15) is 13.2 Å². The quantitative estimate of drug-likeness (QED) is 0.382. The molecule has 39 heavy (non-hydrogen) atoms. The molecule has 0 spiro atoms. The number of fused-ring (bicyclic) bond motifs is 5. The predicted molar refractivity (Wildman–Crippen MR) is 140 cm³/mol. The number of nitrogens with one attached hydrogen (secondary N) is 1. The van der Waals surface area contributed by atoms with Crippen LogP contribution in [0.5, 0.6) is 0 Å². The monoisotopic (exact) mass is 571 g/mol. The molecule has 0 aromatic heterocycles. The van der Waals surface area contributed by atoms with Crippen LogP contribution in [-0.4, -0.2) is 28.7 Å². The van der Waals surface area contributed by atoms with Crippen molar-refractivity contribution in [3.05, 3.63) is 99.7 Å². The highest BCUT2D eigenvalue weighted by molar-refractivity contribution is 6.38. The smallest absolute Gasteiger partial charge is 0.357 e. The van der Waals surface area contributed by atoms with Gasteiger partial charge in [0.25, 0.3) is 0 Å². The van der Waals surface area contributed by atoms with Gasteiger partial charge in [-0.1, -0.05) is 53.5 Å². The molecule has 0 aliphatic carbocycles. The van der Waals surface area contributed by atoms with E-state index in [1.54, 1.807) is 23.2 Å². The average molecular weight is 572 g/mol. The summed E-state index contributed by atoms with van der Waals surface area (Å²) in [5.74, 6) is -3.96. The maximum Gasteiger partial charge on any atom is 0.416 e. The van der Waals surface area contributed by atoms with E-state index in [9.17, 15) is 27.6 Å². The summed E-state index contributed by atoms with van der Waals surface area (Å²) in [5.41, 5.74) is 0.683. The molecule has 3 heterocycles. The lowest BCUT2D eigenvalue weighted by molar-refractivity contribution is -0.137.